The van der Waals surface area contributed by atoms with E-state index >= 15 is 0 Å². The Morgan fingerprint density at radius 3 is 2.85 bits per heavy atom. The maximum Gasteiger partial charge on any atom is 0.315 e. The van der Waals surface area contributed by atoms with Gasteiger partial charge in [-0.25, -0.2) is 9.78 Å². The summed E-state index contributed by atoms with van der Waals surface area (Å²) in [5, 5.41) is 8.96. The Labute approximate surface area is 126 Å². The van der Waals surface area contributed by atoms with Crippen LogP contribution in [0.1, 0.15) is 39.2 Å². The first-order chi connectivity index (χ1) is 9.70. The summed E-state index contributed by atoms with van der Waals surface area (Å²) >= 11 is 3.41. The molecule has 0 aliphatic heterocycles. The number of aromatic nitrogens is 1. The van der Waals surface area contributed by atoms with E-state index in [1.807, 2.05) is 11.4 Å². The van der Waals surface area contributed by atoms with Gasteiger partial charge in [-0.15, -0.1) is 22.7 Å². The lowest BCUT2D eigenvalue weighted by molar-refractivity contribution is 0.240. The number of nitrogens with zero attached hydrogens (tertiary/aromatic N) is 1. The summed E-state index contributed by atoms with van der Waals surface area (Å²) in [5.41, 5.74) is 0.957. The Bertz CT molecular complexity index is 601. The number of rotatable bonds is 5. The monoisotopic (exact) mass is 307 g/mol. The van der Waals surface area contributed by atoms with Crippen molar-refractivity contribution in [3.63, 3.8) is 0 Å². The van der Waals surface area contributed by atoms with Crippen LogP contribution in [-0.4, -0.2) is 11.0 Å². The van der Waals surface area contributed by atoms with E-state index in [1.165, 1.54) is 27.6 Å². The van der Waals surface area contributed by atoms with Crippen LogP contribution >= 0.6 is 22.7 Å². The molecule has 0 aromatic carbocycles. The van der Waals surface area contributed by atoms with Gasteiger partial charge in [0.25, 0.3) is 0 Å². The molecule has 0 spiro atoms. The maximum absolute atomic E-state index is 11.7. The number of thiazole rings is 1. The Morgan fingerprint density at radius 1 is 1.35 bits per heavy atom. The smallest absolute Gasteiger partial charge is 0.315 e. The second-order valence-electron chi connectivity index (χ2n) is 5.00. The molecule has 20 heavy (non-hydrogen) atoms. The first kappa shape index (κ1) is 13.6. The molecule has 1 aliphatic carbocycles. The molecular weight excluding hydrogens is 290 g/mol. The van der Waals surface area contributed by atoms with Crippen molar-refractivity contribution >= 4 is 28.7 Å². The van der Waals surface area contributed by atoms with Crippen molar-refractivity contribution in [3.05, 3.63) is 38.0 Å². The van der Waals surface area contributed by atoms with Crippen LogP contribution in [0.3, 0.4) is 0 Å². The fourth-order valence-electron chi connectivity index (χ4n) is 1.90. The number of nitrogens with one attached hydrogen (secondary N) is 2. The van der Waals surface area contributed by atoms with Crippen molar-refractivity contribution in [3.8, 4) is 0 Å². The lowest BCUT2D eigenvalue weighted by atomic mass is 10.4. The van der Waals surface area contributed by atoms with Crippen molar-refractivity contribution < 1.29 is 4.79 Å². The van der Waals surface area contributed by atoms with Crippen LogP contribution in [0.15, 0.2) is 17.5 Å². The van der Waals surface area contributed by atoms with Gasteiger partial charge in [-0.3, -0.25) is 0 Å². The van der Waals surface area contributed by atoms with E-state index in [0.29, 0.717) is 19.0 Å². The highest BCUT2D eigenvalue weighted by molar-refractivity contribution is 7.11. The van der Waals surface area contributed by atoms with Gasteiger partial charge in [-0.05, 0) is 31.9 Å². The molecule has 0 atom stereocenters. The predicted molar refractivity (Wildman–Crippen MR) is 82.2 cm³/mol. The number of urea groups is 1. The summed E-state index contributed by atoms with van der Waals surface area (Å²) in [7, 11) is 0. The summed E-state index contributed by atoms with van der Waals surface area (Å²) < 4.78 is 0. The number of hydrogen-bond acceptors (Lipinski definition) is 4. The van der Waals surface area contributed by atoms with Crippen molar-refractivity contribution in [2.24, 2.45) is 0 Å². The number of hydrogen-bond donors (Lipinski definition) is 2. The molecular formula is C14H17N3OS2. The molecule has 0 unspecified atom stereocenters. The van der Waals surface area contributed by atoms with Crippen molar-refractivity contribution in [1.82, 2.24) is 15.6 Å². The molecule has 3 rings (SSSR count). The third kappa shape index (κ3) is 3.58. The van der Waals surface area contributed by atoms with Crippen LogP contribution in [0.25, 0.3) is 0 Å². The van der Waals surface area contributed by atoms with E-state index in [9.17, 15) is 4.79 Å². The van der Waals surface area contributed by atoms with E-state index in [-0.39, 0.29) is 6.03 Å². The van der Waals surface area contributed by atoms with Crippen LogP contribution in [0.2, 0.25) is 0 Å². The van der Waals surface area contributed by atoms with Gasteiger partial charge >= 0.3 is 6.03 Å². The lowest BCUT2D eigenvalue weighted by Crippen LogP contribution is -2.34. The molecule has 1 aliphatic rings. The van der Waals surface area contributed by atoms with Crippen LogP contribution in [0.4, 0.5) is 4.79 Å². The van der Waals surface area contributed by atoms with Crippen molar-refractivity contribution in [2.75, 3.05) is 0 Å². The van der Waals surface area contributed by atoms with E-state index in [2.05, 4.69) is 28.6 Å². The normalized spacial score (nSPS) is 14.2. The SMILES string of the molecule is Cc1ccc(CNC(=O)NCc2csc(C3CC3)n2)s1. The number of carbonyl (C=O) groups excluding carboxylic acids is 1. The van der Waals surface area contributed by atoms with Gasteiger partial charge in [0.05, 0.1) is 23.8 Å². The number of carbonyl (C=O) groups is 1. The van der Waals surface area contributed by atoms with E-state index in [4.69, 9.17) is 0 Å². The molecule has 4 nitrogen and oxygen atoms in total. The zero-order valence-electron chi connectivity index (χ0n) is 11.3. The summed E-state index contributed by atoms with van der Waals surface area (Å²) in [4.78, 5) is 18.7. The molecule has 0 saturated heterocycles. The minimum atomic E-state index is -0.142. The Balaban J connectivity index is 1.41. The van der Waals surface area contributed by atoms with Gasteiger partial charge in [0, 0.05) is 21.1 Å². The van der Waals surface area contributed by atoms with Crippen molar-refractivity contribution in [2.45, 2.75) is 38.8 Å². The van der Waals surface area contributed by atoms with Crippen LogP contribution in [0.5, 0.6) is 0 Å². The predicted octanol–water partition coefficient (Wildman–Crippen LogP) is 3.39. The molecule has 2 aromatic heterocycles. The second kappa shape index (κ2) is 5.93. The van der Waals surface area contributed by atoms with Crippen LogP contribution in [0, 0.1) is 6.92 Å². The first-order valence-corrected chi connectivity index (χ1v) is 8.41. The van der Waals surface area contributed by atoms with Gasteiger partial charge in [-0.2, -0.15) is 0 Å². The van der Waals surface area contributed by atoms with Gasteiger partial charge in [0.15, 0.2) is 0 Å². The second-order valence-corrected chi connectivity index (χ2v) is 7.26. The zero-order valence-corrected chi connectivity index (χ0v) is 12.9. The Hall–Kier alpha value is -1.40. The Morgan fingerprint density at radius 2 is 2.15 bits per heavy atom. The lowest BCUT2D eigenvalue weighted by Gasteiger charge is -2.05. The summed E-state index contributed by atoms with van der Waals surface area (Å²) in [6.45, 7) is 3.14. The Kier molecular flexibility index (Phi) is 4.03. The quantitative estimate of drug-likeness (QED) is 0.889. The number of thiophene rings is 1. The highest BCUT2D eigenvalue weighted by Gasteiger charge is 2.26. The molecule has 2 aromatic rings. The third-order valence-corrected chi connectivity index (χ3v) is 5.20. The highest BCUT2D eigenvalue weighted by Crippen LogP contribution is 2.41. The van der Waals surface area contributed by atoms with Gasteiger partial charge in [0.1, 0.15) is 0 Å². The van der Waals surface area contributed by atoms with Crippen LogP contribution in [-0.2, 0) is 13.1 Å². The molecule has 6 heteroatoms. The zero-order chi connectivity index (χ0) is 13.9. The molecule has 0 radical (unpaired) electrons. The van der Waals surface area contributed by atoms with Gasteiger partial charge in [-0.1, -0.05) is 0 Å². The van der Waals surface area contributed by atoms with E-state index in [1.54, 1.807) is 22.7 Å². The number of amides is 2. The largest absolute Gasteiger partial charge is 0.333 e. The minimum absolute atomic E-state index is 0.142. The van der Waals surface area contributed by atoms with Gasteiger partial charge < -0.3 is 10.6 Å². The third-order valence-electron chi connectivity index (χ3n) is 3.15. The van der Waals surface area contributed by atoms with Crippen LogP contribution < -0.4 is 10.6 Å². The van der Waals surface area contributed by atoms with E-state index in [0.717, 1.165) is 5.69 Å². The minimum Gasteiger partial charge on any atom is -0.333 e. The van der Waals surface area contributed by atoms with Crippen molar-refractivity contribution in [1.29, 1.82) is 0 Å². The topological polar surface area (TPSA) is 54.0 Å². The molecule has 2 N–H and O–H groups in total. The number of aryl methyl sites for hydroxylation is 1. The fraction of sp³-hybridized carbons (Fsp3) is 0.429. The fourth-order valence-corrected chi connectivity index (χ4v) is 3.72. The molecule has 0 bridgehead atoms. The molecule has 106 valence electrons. The molecule has 1 saturated carbocycles. The average molecular weight is 307 g/mol. The summed E-state index contributed by atoms with van der Waals surface area (Å²) in [5.74, 6) is 0.685. The maximum atomic E-state index is 11.7. The highest BCUT2D eigenvalue weighted by atomic mass is 32.1. The molecule has 2 amide bonds. The summed E-state index contributed by atoms with van der Waals surface area (Å²) in [6, 6.07) is 3.97. The average Bonchev–Trinajstić information content (AvgIpc) is 3.03. The van der Waals surface area contributed by atoms with Gasteiger partial charge in [0.2, 0.25) is 0 Å². The summed E-state index contributed by atoms with van der Waals surface area (Å²) in [6.07, 6.45) is 2.53. The molecule has 1 fully saturated rings. The first-order valence-electron chi connectivity index (χ1n) is 6.72. The molecule has 2 heterocycles. The van der Waals surface area contributed by atoms with E-state index < -0.39 is 0 Å². The standard InChI is InChI=1S/C14H17N3OS2/c1-9-2-5-12(20-9)7-16-14(18)15-6-11-8-19-13(17-11)10-3-4-10/h2,5,8,10H,3-4,6-7H2,1H3,(H2,15,16,18).